The summed E-state index contributed by atoms with van der Waals surface area (Å²) < 4.78 is 6.03. The summed E-state index contributed by atoms with van der Waals surface area (Å²) in [4.78, 5) is 11.7. The minimum absolute atomic E-state index is 0.266. The second kappa shape index (κ2) is 6.81. The lowest BCUT2D eigenvalue weighted by molar-refractivity contribution is -0.119. The lowest BCUT2D eigenvalue weighted by Crippen LogP contribution is -2.12. The number of hydrogen-bond donors (Lipinski definition) is 0. The second-order valence-corrected chi connectivity index (χ2v) is 5.03. The molecule has 0 bridgehead atoms. The highest BCUT2D eigenvalue weighted by Gasteiger charge is 2.09. The van der Waals surface area contributed by atoms with Crippen LogP contribution in [-0.4, -0.2) is 19.5 Å². The molecule has 2 nitrogen and oxygen atoms in total. The number of carbonyl (C=O) groups excluding carboxylic acids is 1. The molecule has 1 rings (SSSR count). The summed E-state index contributed by atoms with van der Waals surface area (Å²) in [5.74, 6) is 0.562. The van der Waals surface area contributed by atoms with Gasteiger partial charge in [-0.1, -0.05) is 35.0 Å². The highest BCUT2D eigenvalue weighted by Crippen LogP contribution is 2.13. The van der Waals surface area contributed by atoms with Gasteiger partial charge >= 0.3 is 0 Å². The Morgan fingerprint density at radius 3 is 2.88 bits per heavy atom. The minimum atomic E-state index is 0.266. The fourth-order valence-corrected chi connectivity index (χ4v) is 2.13. The minimum Gasteiger partial charge on any atom is -0.384 e. The van der Waals surface area contributed by atoms with Crippen LogP contribution < -0.4 is 0 Å². The molecule has 0 fully saturated rings. The summed E-state index contributed by atoms with van der Waals surface area (Å²) in [6.07, 6.45) is 1.09. The first-order valence-electron chi connectivity index (χ1n) is 5.37. The number of hydrogen-bond acceptors (Lipinski definition) is 2. The average Bonchev–Trinajstić information content (AvgIpc) is 2.17. The highest BCUT2D eigenvalue weighted by molar-refractivity contribution is 9.10. The van der Waals surface area contributed by atoms with Crippen LogP contribution in [0.3, 0.4) is 0 Å². The molecule has 0 saturated carbocycles. The number of ketones is 1. The second-order valence-electron chi connectivity index (χ2n) is 4.11. The summed E-state index contributed by atoms with van der Waals surface area (Å²) in [5, 5.41) is 0. The number of ether oxygens (including phenoxy) is 1. The molecule has 0 aliphatic heterocycles. The van der Waals surface area contributed by atoms with Gasteiger partial charge in [0.1, 0.15) is 5.78 Å². The van der Waals surface area contributed by atoms with E-state index in [0.717, 1.165) is 10.0 Å². The molecular formula is C13H17BrO2. The van der Waals surface area contributed by atoms with Crippen LogP contribution in [0.2, 0.25) is 0 Å². The van der Waals surface area contributed by atoms with E-state index in [0.29, 0.717) is 25.4 Å². The van der Waals surface area contributed by atoms with E-state index in [-0.39, 0.29) is 5.78 Å². The first-order chi connectivity index (χ1) is 7.61. The van der Waals surface area contributed by atoms with Gasteiger partial charge in [0, 0.05) is 31.0 Å². The lowest BCUT2D eigenvalue weighted by atomic mass is 10.0. The Morgan fingerprint density at radius 1 is 1.50 bits per heavy atom. The number of halogens is 1. The standard InChI is InChI=1S/C13H17BrO2/c1-10(9-16-2)6-13(15)8-11-4-3-5-12(14)7-11/h3-5,7,10H,6,8-9H2,1-2H3. The molecule has 1 aromatic carbocycles. The summed E-state index contributed by atoms with van der Waals surface area (Å²) in [6, 6.07) is 7.87. The summed E-state index contributed by atoms with van der Waals surface area (Å²) in [7, 11) is 1.66. The molecule has 0 aliphatic rings. The third-order valence-corrected chi connectivity index (χ3v) is 2.81. The fourth-order valence-electron chi connectivity index (χ4n) is 1.68. The van der Waals surface area contributed by atoms with Crippen molar-refractivity contribution < 1.29 is 9.53 Å². The normalized spacial score (nSPS) is 12.4. The van der Waals surface area contributed by atoms with Gasteiger partial charge in [0.2, 0.25) is 0 Å². The zero-order valence-electron chi connectivity index (χ0n) is 9.70. The Kier molecular flexibility index (Phi) is 5.71. The van der Waals surface area contributed by atoms with Gasteiger partial charge in [0.25, 0.3) is 0 Å². The van der Waals surface area contributed by atoms with Crippen molar-refractivity contribution in [2.45, 2.75) is 19.8 Å². The van der Waals surface area contributed by atoms with Crippen LogP contribution in [0.25, 0.3) is 0 Å². The Labute approximate surface area is 105 Å². The first kappa shape index (κ1) is 13.4. The molecule has 0 heterocycles. The quantitative estimate of drug-likeness (QED) is 0.802. The molecule has 0 saturated heterocycles. The summed E-state index contributed by atoms with van der Waals surface area (Å²) >= 11 is 3.40. The van der Waals surface area contributed by atoms with Gasteiger partial charge in [-0.15, -0.1) is 0 Å². The van der Waals surface area contributed by atoms with Crippen molar-refractivity contribution in [2.24, 2.45) is 5.92 Å². The molecule has 1 unspecified atom stereocenters. The zero-order valence-corrected chi connectivity index (χ0v) is 11.3. The highest BCUT2D eigenvalue weighted by atomic mass is 79.9. The van der Waals surface area contributed by atoms with Crippen LogP contribution in [0, 0.1) is 5.92 Å². The number of Topliss-reactive ketones (excluding diaryl/α,β-unsaturated/α-hetero) is 1. The third kappa shape index (κ3) is 4.90. The van der Waals surface area contributed by atoms with E-state index in [1.807, 2.05) is 31.2 Å². The number of benzene rings is 1. The molecular weight excluding hydrogens is 268 g/mol. The van der Waals surface area contributed by atoms with Crippen LogP contribution >= 0.6 is 15.9 Å². The molecule has 0 amide bonds. The van der Waals surface area contributed by atoms with E-state index in [2.05, 4.69) is 15.9 Å². The SMILES string of the molecule is COCC(C)CC(=O)Cc1cccc(Br)c1. The van der Waals surface area contributed by atoms with Crippen LogP contribution in [0.4, 0.5) is 0 Å². The van der Waals surface area contributed by atoms with E-state index in [4.69, 9.17) is 4.74 Å². The van der Waals surface area contributed by atoms with Crippen molar-refractivity contribution >= 4 is 21.7 Å². The van der Waals surface area contributed by atoms with Gasteiger partial charge in [-0.3, -0.25) is 4.79 Å². The first-order valence-corrected chi connectivity index (χ1v) is 6.16. The van der Waals surface area contributed by atoms with Crippen LogP contribution in [0.5, 0.6) is 0 Å². The molecule has 1 atom stereocenters. The van der Waals surface area contributed by atoms with Gasteiger partial charge in [-0.2, -0.15) is 0 Å². The van der Waals surface area contributed by atoms with E-state index < -0.39 is 0 Å². The third-order valence-electron chi connectivity index (χ3n) is 2.32. The molecule has 3 heteroatoms. The maximum atomic E-state index is 11.7. The lowest BCUT2D eigenvalue weighted by Gasteiger charge is -2.09. The Bertz CT molecular complexity index is 350. The van der Waals surface area contributed by atoms with Crippen LogP contribution in [0.1, 0.15) is 18.9 Å². The van der Waals surface area contributed by atoms with Crippen molar-refractivity contribution in [3.05, 3.63) is 34.3 Å². The van der Waals surface area contributed by atoms with Crippen molar-refractivity contribution in [1.82, 2.24) is 0 Å². The Morgan fingerprint density at radius 2 is 2.25 bits per heavy atom. The summed E-state index contributed by atoms with van der Waals surface area (Å²) in [5.41, 5.74) is 1.06. The molecule has 0 radical (unpaired) electrons. The molecule has 88 valence electrons. The van der Waals surface area contributed by atoms with Crippen molar-refractivity contribution in [2.75, 3.05) is 13.7 Å². The van der Waals surface area contributed by atoms with Crippen molar-refractivity contribution in [1.29, 1.82) is 0 Å². The molecule has 0 N–H and O–H groups in total. The van der Waals surface area contributed by atoms with E-state index in [1.165, 1.54) is 0 Å². The van der Waals surface area contributed by atoms with E-state index >= 15 is 0 Å². The predicted octanol–water partition coefficient (Wildman–Crippen LogP) is 3.23. The van der Waals surface area contributed by atoms with Gasteiger partial charge in [-0.05, 0) is 23.6 Å². The molecule has 0 spiro atoms. The zero-order chi connectivity index (χ0) is 12.0. The Hall–Kier alpha value is -0.670. The Balaban J connectivity index is 2.45. The van der Waals surface area contributed by atoms with Crippen LogP contribution in [-0.2, 0) is 16.0 Å². The number of carbonyl (C=O) groups is 1. The maximum absolute atomic E-state index is 11.7. The number of rotatable bonds is 6. The average molecular weight is 285 g/mol. The van der Waals surface area contributed by atoms with Gasteiger partial charge < -0.3 is 4.74 Å². The topological polar surface area (TPSA) is 26.3 Å². The van der Waals surface area contributed by atoms with Gasteiger partial charge in [0.05, 0.1) is 0 Å². The smallest absolute Gasteiger partial charge is 0.137 e. The predicted molar refractivity (Wildman–Crippen MR) is 68.5 cm³/mol. The van der Waals surface area contributed by atoms with Crippen LogP contribution in [0.15, 0.2) is 28.7 Å². The molecule has 1 aromatic rings. The molecule has 0 aliphatic carbocycles. The van der Waals surface area contributed by atoms with E-state index in [1.54, 1.807) is 7.11 Å². The maximum Gasteiger partial charge on any atom is 0.137 e. The monoisotopic (exact) mass is 284 g/mol. The van der Waals surface area contributed by atoms with Crippen molar-refractivity contribution in [3.63, 3.8) is 0 Å². The largest absolute Gasteiger partial charge is 0.384 e. The molecule has 16 heavy (non-hydrogen) atoms. The van der Waals surface area contributed by atoms with Gasteiger partial charge in [0.15, 0.2) is 0 Å². The van der Waals surface area contributed by atoms with E-state index in [9.17, 15) is 4.79 Å². The van der Waals surface area contributed by atoms with Gasteiger partial charge in [-0.25, -0.2) is 0 Å². The molecule has 0 aromatic heterocycles. The fraction of sp³-hybridized carbons (Fsp3) is 0.462. The van der Waals surface area contributed by atoms with Crippen molar-refractivity contribution in [3.8, 4) is 0 Å². The summed E-state index contributed by atoms with van der Waals surface area (Å²) in [6.45, 7) is 2.67. The number of methoxy groups -OCH3 is 1.